The van der Waals surface area contributed by atoms with Crippen molar-refractivity contribution in [3.8, 4) is 6.07 Å². The molecule has 0 atom stereocenters. The molecular weight excluding hydrogens is 288 g/mol. The number of hydrogen-bond donors (Lipinski definition) is 2. The summed E-state index contributed by atoms with van der Waals surface area (Å²) in [7, 11) is -3.57. The molecule has 0 saturated carbocycles. The summed E-state index contributed by atoms with van der Waals surface area (Å²) in [5.41, 5.74) is 0. The third kappa shape index (κ3) is 5.38. The minimum absolute atomic E-state index is 0.115. The van der Waals surface area contributed by atoms with Crippen molar-refractivity contribution in [1.82, 2.24) is 4.72 Å². The molecule has 2 N–H and O–H groups in total. The highest BCUT2D eigenvalue weighted by atomic mass is 32.2. The fourth-order valence-corrected chi connectivity index (χ4v) is 3.82. The lowest BCUT2D eigenvalue weighted by molar-refractivity contribution is -0.136. The van der Waals surface area contributed by atoms with Crippen LogP contribution in [-0.2, 0) is 21.2 Å². The third-order valence-corrected chi connectivity index (χ3v) is 5.27. The van der Waals surface area contributed by atoms with E-state index in [9.17, 15) is 13.2 Å². The first-order valence-electron chi connectivity index (χ1n) is 5.63. The smallest absolute Gasteiger partial charge is 0.308 e. The van der Waals surface area contributed by atoms with Crippen LogP contribution in [0.1, 0.15) is 24.1 Å². The molecule has 0 aliphatic rings. The molecule has 0 fully saturated rings. The fraction of sp³-hybridized carbons (Fsp3) is 0.455. The first-order valence-corrected chi connectivity index (χ1v) is 7.93. The van der Waals surface area contributed by atoms with Gasteiger partial charge in [-0.2, -0.15) is 5.26 Å². The van der Waals surface area contributed by atoms with Gasteiger partial charge in [-0.3, -0.25) is 4.79 Å². The molecule has 1 aromatic rings. The average Bonchev–Trinajstić information content (AvgIpc) is 2.77. The van der Waals surface area contributed by atoms with E-state index in [1.165, 1.54) is 12.1 Å². The van der Waals surface area contributed by atoms with Crippen LogP contribution in [0.2, 0.25) is 0 Å². The number of carboxylic acid groups (broad SMARTS) is 1. The Labute approximate surface area is 115 Å². The Kier molecular flexibility index (Phi) is 5.95. The zero-order valence-electron chi connectivity index (χ0n) is 10.1. The molecule has 0 amide bonds. The zero-order valence-corrected chi connectivity index (χ0v) is 11.8. The number of nitrogens with zero attached hydrogens (tertiary/aromatic N) is 1. The van der Waals surface area contributed by atoms with Gasteiger partial charge >= 0.3 is 5.97 Å². The molecule has 104 valence electrons. The predicted octanol–water partition coefficient (Wildman–Crippen LogP) is 1.35. The number of nitrogens with one attached hydrogen (secondary N) is 1. The Hall–Kier alpha value is -1.43. The highest BCUT2D eigenvalue weighted by molar-refractivity contribution is 7.91. The van der Waals surface area contributed by atoms with Gasteiger partial charge in [0.25, 0.3) is 0 Å². The Bertz CT molecular complexity index is 572. The highest BCUT2D eigenvalue weighted by Gasteiger charge is 2.16. The van der Waals surface area contributed by atoms with E-state index < -0.39 is 16.0 Å². The van der Waals surface area contributed by atoms with Crippen molar-refractivity contribution >= 4 is 27.3 Å². The summed E-state index contributed by atoms with van der Waals surface area (Å²) < 4.78 is 26.2. The van der Waals surface area contributed by atoms with E-state index in [1.54, 1.807) is 0 Å². The van der Waals surface area contributed by atoms with E-state index in [1.807, 2.05) is 6.07 Å². The Morgan fingerprint density at radius 3 is 2.79 bits per heavy atom. The van der Waals surface area contributed by atoms with Crippen molar-refractivity contribution in [2.45, 2.75) is 29.9 Å². The number of unbranched alkanes of at least 4 members (excludes halogenated alkanes) is 2. The van der Waals surface area contributed by atoms with Crippen LogP contribution in [0, 0.1) is 11.3 Å². The van der Waals surface area contributed by atoms with Gasteiger partial charge in [0.1, 0.15) is 4.21 Å². The second-order valence-electron chi connectivity index (χ2n) is 3.80. The fourth-order valence-electron chi connectivity index (χ4n) is 1.35. The number of carboxylic acids is 1. The SMILES string of the molecule is N#CCCCCNS(=O)(=O)c1ccc(CC(=O)O)s1. The maximum atomic E-state index is 11.9. The summed E-state index contributed by atoms with van der Waals surface area (Å²) in [5, 5.41) is 17.0. The van der Waals surface area contributed by atoms with Crippen molar-refractivity contribution in [1.29, 1.82) is 5.26 Å². The van der Waals surface area contributed by atoms with Crippen molar-refractivity contribution in [2.75, 3.05) is 6.54 Å². The van der Waals surface area contributed by atoms with E-state index >= 15 is 0 Å². The number of thiophene rings is 1. The molecule has 0 aliphatic carbocycles. The Morgan fingerprint density at radius 2 is 2.16 bits per heavy atom. The van der Waals surface area contributed by atoms with Gasteiger partial charge in [-0.1, -0.05) is 0 Å². The molecular formula is C11H14N2O4S2. The monoisotopic (exact) mass is 302 g/mol. The van der Waals surface area contributed by atoms with Gasteiger partial charge in [-0.15, -0.1) is 11.3 Å². The maximum Gasteiger partial charge on any atom is 0.308 e. The van der Waals surface area contributed by atoms with Crippen molar-refractivity contribution < 1.29 is 18.3 Å². The normalized spacial score (nSPS) is 11.1. The highest BCUT2D eigenvalue weighted by Crippen LogP contribution is 2.21. The summed E-state index contributed by atoms with van der Waals surface area (Å²) in [5.74, 6) is -0.990. The average molecular weight is 302 g/mol. The van der Waals surface area contributed by atoms with Crippen molar-refractivity contribution in [2.24, 2.45) is 0 Å². The lowest BCUT2D eigenvalue weighted by Crippen LogP contribution is -2.23. The molecule has 0 aromatic carbocycles. The third-order valence-electron chi connectivity index (χ3n) is 2.23. The largest absolute Gasteiger partial charge is 0.481 e. The van der Waals surface area contributed by atoms with Crippen LogP contribution in [0.25, 0.3) is 0 Å². The number of aliphatic carboxylic acids is 1. The molecule has 8 heteroatoms. The van der Waals surface area contributed by atoms with Gasteiger partial charge < -0.3 is 5.11 Å². The maximum absolute atomic E-state index is 11.9. The predicted molar refractivity (Wildman–Crippen MR) is 70.3 cm³/mol. The number of sulfonamides is 1. The van der Waals surface area contributed by atoms with Crippen LogP contribution in [0.15, 0.2) is 16.3 Å². The van der Waals surface area contributed by atoms with Gasteiger partial charge in [0, 0.05) is 17.8 Å². The first-order chi connectivity index (χ1) is 8.95. The molecule has 1 aromatic heterocycles. The van der Waals surface area contributed by atoms with Gasteiger partial charge in [-0.25, -0.2) is 13.1 Å². The standard InChI is InChI=1S/C11H14N2O4S2/c12-6-2-1-3-7-13-19(16,17)11-5-4-9(18-11)8-10(14)15/h4-5,13H,1-3,7-8H2,(H,14,15). The van der Waals surface area contributed by atoms with Crippen LogP contribution in [0.4, 0.5) is 0 Å². The lowest BCUT2D eigenvalue weighted by Gasteiger charge is -2.03. The molecule has 0 saturated heterocycles. The summed E-state index contributed by atoms with van der Waals surface area (Å²) in [6, 6.07) is 4.89. The van der Waals surface area contributed by atoms with Crippen LogP contribution in [0.5, 0.6) is 0 Å². The van der Waals surface area contributed by atoms with E-state index in [0.29, 0.717) is 24.1 Å². The molecule has 6 nitrogen and oxygen atoms in total. The van der Waals surface area contributed by atoms with Gasteiger partial charge in [0.15, 0.2) is 0 Å². The minimum atomic E-state index is -3.57. The summed E-state index contributed by atoms with van der Waals surface area (Å²) in [6.07, 6.45) is 1.47. The zero-order chi connectivity index (χ0) is 14.3. The first kappa shape index (κ1) is 15.6. The van der Waals surface area contributed by atoms with Crippen LogP contribution >= 0.6 is 11.3 Å². The van der Waals surface area contributed by atoms with E-state index in [2.05, 4.69) is 4.72 Å². The summed E-state index contributed by atoms with van der Waals surface area (Å²) in [6.45, 7) is 0.274. The summed E-state index contributed by atoms with van der Waals surface area (Å²) in [4.78, 5) is 11.0. The van der Waals surface area contributed by atoms with Crippen molar-refractivity contribution in [3.05, 3.63) is 17.0 Å². The molecule has 0 bridgehead atoms. The molecule has 19 heavy (non-hydrogen) atoms. The van der Waals surface area contributed by atoms with Gasteiger partial charge in [-0.05, 0) is 25.0 Å². The van der Waals surface area contributed by atoms with Crippen molar-refractivity contribution in [3.63, 3.8) is 0 Å². The minimum Gasteiger partial charge on any atom is -0.481 e. The second kappa shape index (κ2) is 7.23. The quantitative estimate of drug-likeness (QED) is 0.705. The second-order valence-corrected chi connectivity index (χ2v) is 6.97. The number of nitriles is 1. The lowest BCUT2D eigenvalue weighted by atomic mass is 10.2. The molecule has 1 heterocycles. The van der Waals surface area contributed by atoms with Gasteiger partial charge in [0.2, 0.25) is 10.0 Å². The molecule has 0 unspecified atom stereocenters. The Morgan fingerprint density at radius 1 is 1.42 bits per heavy atom. The molecule has 0 aliphatic heterocycles. The van der Waals surface area contributed by atoms with Crippen LogP contribution in [-0.4, -0.2) is 26.0 Å². The Balaban J connectivity index is 2.55. The van der Waals surface area contributed by atoms with E-state index in [-0.39, 0.29) is 17.2 Å². The molecule has 1 rings (SSSR count). The van der Waals surface area contributed by atoms with Gasteiger partial charge in [0.05, 0.1) is 12.5 Å². The van der Waals surface area contributed by atoms with Crippen LogP contribution in [0.3, 0.4) is 0 Å². The van der Waals surface area contributed by atoms with Crippen LogP contribution < -0.4 is 4.72 Å². The molecule has 0 spiro atoms. The number of hydrogen-bond acceptors (Lipinski definition) is 5. The van der Waals surface area contributed by atoms with E-state index in [4.69, 9.17) is 10.4 Å². The number of rotatable bonds is 8. The summed E-state index contributed by atoms with van der Waals surface area (Å²) >= 11 is 0.953. The number of carbonyl (C=O) groups is 1. The molecule has 0 radical (unpaired) electrons. The topological polar surface area (TPSA) is 107 Å². The van der Waals surface area contributed by atoms with E-state index in [0.717, 1.165) is 11.3 Å².